The van der Waals surface area contributed by atoms with Crippen molar-refractivity contribution in [3.05, 3.63) is 46.8 Å². The third-order valence-electron chi connectivity index (χ3n) is 4.14. The molecule has 6 nitrogen and oxygen atoms in total. The fourth-order valence-electron chi connectivity index (χ4n) is 2.78. The summed E-state index contributed by atoms with van der Waals surface area (Å²) >= 11 is 0. The van der Waals surface area contributed by atoms with E-state index in [1.807, 2.05) is 20.8 Å². The molecule has 128 valence electrons. The number of carboxylic acids is 1. The number of hydrogen-bond donors (Lipinski definition) is 2. The molecule has 2 N–H and O–H groups in total. The maximum absolute atomic E-state index is 12.2. The van der Waals surface area contributed by atoms with Crippen molar-refractivity contribution in [2.75, 3.05) is 5.32 Å². The molecule has 0 saturated heterocycles. The minimum atomic E-state index is -0.875. The predicted molar refractivity (Wildman–Crippen MR) is 90.1 cm³/mol. The normalized spacial score (nSPS) is 13.3. The second kappa shape index (κ2) is 7.29. The summed E-state index contributed by atoms with van der Waals surface area (Å²) < 4.78 is 5.14. The molecule has 24 heavy (non-hydrogen) atoms. The number of hydrogen-bond acceptors (Lipinski definition) is 4. The SMILES string of the molecule is Cc1noc(C)c1C(C)CC(=O)Nc1ccc(C(C)C(=O)O)cc1. The average Bonchev–Trinajstić information content (AvgIpc) is 2.86. The lowest BCUT2D eigenvalue weighted by atomic mass is 9.96. The molecule has 0 aliphatic carbocycles. The topological polar surface area (TPSA) is 92.4 Å². The van der Waals surface area contributed by atoms with Gasteiger partial charge < -0.3 is 14.9 Å². The van der Waals surface area contributed by atoms with Crippen molar-refractivity contribution in [3.63, 3.8) is 0 Å². The lowest BCUT2D eigenvalue weighted by molar-refractivity contribution is -0.138. The number of anilines is 1. The highest BCUT2D eigenvalue weighted by Gasteiger charge is 2.19. The molecule has 0 fully saturated rings. The summed E-state index contributed by atoms with van der Waals surface area (Å²) in [6, 6.07) is 6.86. The minimum Gasteiger partial charge on any atom is -0.481 e. The van der Waals surface area contributed by atoms with Gasteiger partial charge in [-0.05, 0) is 44.4 Å². The number of carbonyl (C=O) groups is 2. The van der Waals surface area contributed by atoms with Gasteiger partial charge >= 0.3 is 5.97 Å². The van der Waals surface area contributed by atoms with Crippen molar-refractivity contribution >= 4 is 17.6 Å². The van der Waals surface area contributed by atoms with E-state index in [0.29, 0.717) is 17.7 Å². The van der Waals surface area contributed by atoms with Gasteiger partial charge in [-0.2, -0.15) is 0 Å². The molecular formula is C18H22N2O4. The van der Waals surface area contributed by atoms with E-state index in [4.69, 9.17) is 9.63 Å². The van der Waals surface area contributed by atoms with E-state index in [0.717, 1.165) is 17.0 Å². The predicted octanol–water partition coefficient (Wildman–Crippen LogP) is 3.61. The molecule has 1 heterocycles. The van der Waals surface area contributed by atoms with Crippen LogP contribution in [-0.2, 0) is 9.59 Å². The molecule has 0 aliphatic rings. The summed E-state index contributed by atoms with van der Waals surface area (Å²) in [5, 5.41) is 15.7. The minimum absolute atomic E-state index is 0.00237. The Kier molecular flexibility index (Phi) is 5.39. The molecule has 2 rings (SSSR count). The van der Waals surface area contributed by atoms with Crippen LogP contribution in [0.1, 0.15) is 54.7 Å². The van der Waals surface area contributed by atoms with Gasteiger partial charge in [-0.1, -0.05) is 24.2 Å². The summed E-state index contributed by atoms with van der Waals surface area (Å²) in [7, 11) is 0. The lowest BCUT2D eigenvalue weighted by Gasteiger charge is -2.12. The van der Waals surface area contributed by atoms with Crippen LogP contribution in [0.5, 0.6) is 0 Å². The number of amides is 1. The molecule has 0 saturated carbocycles. The number of rotatable bonds is 6. The quantitative estimate of drug-likeness (QED) is 0.844. The van der Waals surface area contributed by atoms with Gasteiger partial charge in [0.1, 0.15) is 5.76 Å². The fourth-order valence-corrected chi connectivity index (χ4v) is 2.78. The second-order valence-corrected chi connectivity index (χ2v) is 6.07. The molecule has 2 aromatic rings. The van der Waals surface area contributed by atoms with E-state index in [-0.39, 0.29) is 11.8 Å². The van der Waals surface area contributed by atoms with Gasteiger partial charge in [-0.15, -0.1) is 0 Å². The van der Waals surface area contributed by atoms with Gasteiger partial charge in [0.05, 0.1) is 11.6 Å². The Hall–Kier alpha value is -2.63. The Morgan fingerprint density at radius 2 is 1.83 bits per heavy atom. The van der Waals surface area contributed by atoms with Crippen molar-refractivity contribution < 1.29 is 19.2 Å². The molecule has 0 radical (unpaired) electrons. The van der Waals surface area contributed by atoms with Gasteiger partial charge in [-0.25, -0.2) is 0 Å². The molecule has 6 heteroatoms. The van der Waals surface area contributed by atoms with Crippen LogP contribution in [-0.4, -0.2) is 22.1 Å². The highest BCUT2D eigenvalue weighted by Crippen LogP contribution is 2.26. The number of aryl methyl sites for hydroxylation is 2. The summed E-state index contributed by atoms with van der Waals surface area (Å²) in [5.74, 6) is -0.821. The Bertz CT molecular complexity index is 714. The third-order valence-corrected chi connectivity index (χ3v) is 4.14. The molecule has 0 bridgehead atoms. The van der Waals surface area contributed by atoms with Crippen LogP contribution in [0.15, 0.2) is 28.8 Å². The van der Waals surface area contributed by atoms with Gasteiger partial charge in [-0.3, -0.25) is 9.59 Å². The number of nitrogens with one attached hydrogen (secondary N) is 1. The monoisotopic (exact) mass is 330 g/mol. The number of carbonyl (C=O) groups excluding carboxylic acids is 1. The summed E-state index contributed by atoms with van der Waals surface area (Å²) in [6.45, 7) is 7.29. The molecule has 1 aromatic carbocycles. The smallest absolute Gasteiger partial charge is 0.310 e. The molecular weight excluding hydrogens is 308 g/mol. The van der Waals surface area contributed by atoms with Crippen LogP contribution in [0, 0.1) is 13.8 Å². The zero-order valence-electron chi connectivity index (χ0n) is 14.3. The Morgan fingerprint density at radius 1 is 1.21 bits per heavy atom. The summed E-state index contributed by atoms with van der Waals surface area (Å²) in [5.41, 5.74) is 3.12. The van der Waals surface area contributed by atoms with Crippen LogP contribution < -0.4 is 5.32 Å². The van der Waals surface area contributed by atoms with E-state index < -0.39 is 11.9 Å². The first-order valence-electron chi connectivity index (χ1n) is 7.85. The Labute approximate surface area is 140 Å². The van der Waals surface area contributed by atoms with E-state index in [2.05, 4.69) is 10.5 Å². The first-order valence-corrected chi connectivity index (χ1v) is 7.85. The second-order valence-electron chi connectivity index (χ2n) is 6.07. The van der Waals surface area contributed by atoms with Gasteiger partial charge in [0.15, 0.2) is 0 Å². The van der Waals surface area contributed by atoms with E-state index in [1.54, 1.807) is 31.2 Å². The van der Waals surface area contributed by atoms with Crippen molar-refractivity contribution in [1.29, 1.82) is 0 Å². The Morgan fingerprint density at radius 3 is 2.33 bits per heavy atom. The van der Waals surface area contributed by atoms with Crippen LogP contribution in [0.2, 0.25) is 0 Å². The fraction of sp³-hybridized carbons (Fsp3) is 0.389. The van der Waals surface area contributed by atoms with Gasteiger partial charge in [0.25, 0.3) is 0 Å². The standard InChI is InChI=1S/C18H22N2O4/c1-10(17-12(3)20-24-13(17)4)9-16(21)19-15-7-5-14(6-8-15)11(2)18(22)23/h5-8,10-11H,9H2,1-4H3,(H,19,21)(H,22,23). The van der Waals surface area contributed by atoms with E-state index in [9.17, 15) is 9.59 Å². The number of carboxylic acid groups (broad SMARTS) is 1. The highest BCUT2D eigenvalue weighted by atomic mass is 16.5. The van der Waals surface area contributed by atoms with E-state index in [1.165, 1.54) is 0 Å². The molecule has 0 spiro atoms. The summed E-state index contributed by atoms with van der Waals surface area (Å²) in [4.78, 5) is 23.2. The van der Waals surface area contributed by atoms with Gasteiger partial charge in [0, 0.05) is 17.7 Å². The van der Waals surface area contributed by atoms with Crippen molar-refractivity contribution in [2.24, 2.45) is 0 Å². The summed E-state index contributed by atoms with van der Waals surface area (Å²) in [6.07, 6.45) is 0.316. The molecule has 1 aromatic heterocycles. The van der Waals surface area contributed by atoms with Crippen LogP contribution in [0.3, 0.4) is 0 Å². The zero-order valence-corrected chi connectivity index (χ0v) is 14.3. The first-order chi connectivity index (χ1) is 11.3. The van der Waals surface area contributed by atoms with Crippen molar-refractivity contribution in [1.82, 2.24) is 5.16 Å². The maximum atomic E-state index is 12.2. The average molecular weight is 330 g/mol. The lowest BCUT2D eigenvalue weighted by Crippen LogP contribution is -2.15. The number of aromatic nitrogens is 1. The van der Waals surface area contributed by atoms with Gasteiger partial charge in [0.2, 0.25) is 5.91 Å². The van der Waals surface area contributed by atoms with Crippen LogP contribution in [0.4, 0.5) is 5.69 Å². The number of nitrogens with zero attached hydrogens (tertiary/aromatic N) is 1. The maximum Gasteiger partial charge on any atom is 0.310 e. The third kappa shape index (κ3) is 4.01. The number of benzene rings is 1. The number of aliphatic carboxylic acids is 1. The van der Waals surface area contributed by atoms with Crippen molar-refractivity contribution in [3.8, 4) is 0 Å². The zero-order chi connectivity index (χ0) is 17.9. The molecule has 0 aliphatic heterocycles. The van der Waals surface area contributed by atoms with Crippen LogP contribution in [0.25, 0.3) is 0 Å². The first kappa shape index (κ1) is 17.7. The van der Waals surface area contributed by atoms with Crippen LogP contribution >= 0.6 is 0 Å². The van der Waals surface area contributed by atoms with E-state index >= 15 is 0 Å². The van der Waals surface area contributed by atoms with Crippen molar-refractivity contribution in [2.45, 2.75) is 46.0 Å². The molecule has 1 amide bonds. The largest absolute Gasteiger partial charge is 0.481 e. The highest BCUT2D eigenvalue weighted by molar-refractivity contribution is 5.91. The molecule has 2 atom stereocenters. The molecule has 2 unspecified atom stereocenters. The Balaban J connectivity index is 1.98.